The van der Waals surface area contributed by atoms with Crippen LogP contribution < -0.4 is 29.9 Å². The van der Waals surface area contributed by atoms with E-state index in [1.165, 1.54) is 9.80 Å². The minimum Gasteiger partial charge on any atom is -0.497 e. The Hall–Kier alpha value is -4.53. The number of rotatable bonds is 8. The van der Waals surface area contributed by atoms with E-state index in [1.54, 1.807) is 55.6 Å². The van der Waals surface area contributed by atoms with Gasteiger partial charge in [-0.3, -0.25) is 19.4 Å². The van der Waals surface area contributed by atoms with Gasteiger partial charge >= 0.3 is 6.03 Å². The highest BCUT2D eigenvalue weighted by Crippen LogP contribution is 2.33. The lowest BCUT2D eigenvalue weighted by Gasteiger charge is -2.35. The highest BCUT2D eigenvalue weighted by Gasteiger charge is 2.33. The van der Waals surface area contributed by atoms with Gasteiger partial charge in [0.1, 0.15) is 24.6 Å². The fraction of sp³-hybridized carbons (Fsp3) is 0.222. The van der Waals surface area contributed by atoms with E-state index in [-0.39, 0.29) is 24.9 Å². The average Bonchev–Trinajstić information content (AvgIpc) is 2.90. The Morgan fingerprint density at radius 3 is 2.25 bits per heavy atom. The Balaban J connectivity index is 1.42. The number of nitrogens with zero attached hydrogens (tertiary/aromatic N) is 2. The molecular formula is C27H28N4O5. The van der Waals surface area contributed by atoms with Gasteiger partial charge in [-0.15, -0.1) is 0 Å². The Morgan fingerprint density at radius 1 is 0.917 bits per heavy atom. The minimum atomic E-state index is -0.441. The fourth-order valence-electron chi connectivity index (χ4n) is 3.85. The van der Waals surface area contributed by atoms with Crippen LogP contribution >= 0.6 is 0 Å². The average molecular weight is 489 g/mol. The van der Waals surface area contributed by atoms with Crippen LogP contribution in [0.15, 0.2) is 72.8 Å². The van der Waals surface area contributed by atoms with Crippen LogP contribution in [-0.4, -0.2) is 44.7 Å². The Bertz CT molecular complexity index is 1230. The molecule has 2 N–H and O–H groups in total. The van der Waals surface area contributed by atoms with Gasteiger partial charge in [0, 0.05) is 12.2 Å². The summed E-state index contributed by atoms with van der Waals surface area (Å²) in [5, 5.41) is 5.66. The van der Waals surface area contributed by atoms with Crippen molar-refractivity contribution < 1.29 is 23.9 Å². The molecule has 0 saturated heterocycles. The maximum absolute atomic E-state index is 13.0. The summed E-state index contributed by atoms with van der Waals surface area (Å²) >= 11 is 0. The first-order chi connectivity index (χ1) is 17.5. The van der Waals surface area contributed by atoms with Crippen molar-refractivity contribution in [3.8, 4) is 11.5 Å². The predicted octanol–water partition coefficient (Wildman–Crippen LogP) is 3.80. The molecule has 0 fully saturated rings. The Labute approximate surface area is 209 Å². The van der Waals surface area contributed by atoms with Crippen molar-refractivity contribution in [3.63, 3.8) is 0 Å². The smallest absolute Gasteiger partial charge is 0.326 e. The first kappa shape index (κ1) is 24.6. The molecule has 1 aliphatic rings. The zero-order valence-electron chi connectivity index (χ0n) is 20.2. The third kappa shape index (κ3) is 5.75. The van der Waals surface area contributed by atoms with E-state index in [0.717, 1.165) is 11.3 Å². The number of anilines is 3. The van der Waals surface area contributed by atoms with E-state index < -0.39 is 6.03 Å². The number of urea groups is 1. The van der Waals surface area contributed by atoms with Crippen molar-refractivity contribution in [2.75, 3.05) is 41.9 Å². The number of carbonyl (C=O) groups excluding carboxylic acids is 3. The normalized spacial score (nSPS) is 12.6. The van der Waals surface area contributed by atoms with Crippen LogP contribution in [0.3, 0.4) is 0 Å². The summed E-state index contributed by atoms with van der Waals surface area (Å²) in [4.78, 5) is 41.5. The molecule has 4 amide bonds. The number of ether oxygens (including phenoxy) is 2. The minimum absolute atomic E-state index is 0.152. The van der Waals surface area contributed by atoms with E-state index in [0.29, 0.717) is 36.0 Å². The molecule has 1 aliphatic heterocycles. The van der Waals surface area contributed by atoms with E-state index >= 15 is 0 Å². The molecule has 0 spiro atoms. The second kappa shape index (κ2) is 11.3. The molecular weight excluding hydrogens is 460 g/mol. The number of hydrogen-bond donors (Lipinski definition) is 2. The molecule has 0 bridgehead atoms. The molecule has 186 valence electrons. The first-order valence-electron chi connectivity index (χ1n) is 11.6. The number of benzene rings is 3. The van der Waals surface area contributed by atoms with Gasteiger partial charge in [-0.1, -0.05) is 24.3 Å². The van der Waals surface area contributed by atoms with Gasteiger partial charge in [-0.2, -0.15) is 0 Å². The quantitative estimate of drug-likeness (QED) is 0.503. The van der Waals surface area contributed by atoms with Crippen LogP contribution in [-0.2, 0) is 16.1 Å². The van der Waals surface area contributed by atoms with E-state index in [2.05, 4.69) is 10.6 Å². The summed E-state index contributed by atoms with van der Waals surface area (Å²) in [6.07, 6.45) is 0. The summed E-state index contributed by atoms with van der Waals surface area (Å²) in [5.41, 5.74) is 2.53. The number of carbonyl (C=O) groups is 3. The molecule has 3 aromatic rings. The molecule has 0 saturated carbocycles. The molecule has 0 atom stereocenters. The summed E-state index contributed by atoms with van der Waals surface area (Å²) in [6, 6.07) is 20.9. The first-order valence-corrected chi connectivity index (χ1v) is 11.6. The van der Waals surface area contributed by atoms with Crippen LogP contribution in [0.2, 0.25) is 0 Å². The number of methoxy groups -OCH3 is 1. The summed E-state index contributed by atoms with van der Waals surface area (Å²) in [7, 11) is 1.59. The number of nitrogens with one attached hydrogen (secondary N) is 2. The van der Waals surface area contributed by atoms with Crippen LogP contribution in [0.1, 0.15) is 12.5 Å². The molecule has 1 heterocycles. The predicted molar refractivity (Wildman–Crippen MR) is 138 cm³/mol. The van der Waals surface area contributed by atoms with Crippen molar-refractivity contribution in [3.05, 3.63) is 78.4 Å². The van der Waals surface area contributed by atoms with Crippen molar-refractivity contribution in [1.29, 1.82) is 0 Å². The van der Waals surface area contributed by atoms with Crippen molar-refractivity contribution in [1.82, 2.24) is 5.32 Å². The molecule has 36 heavy (non-hydrogen) atoms. The molecule has 9 heteroatoms. The monoisotopic (exact) mass is 488 g/mol. The molecule has 0 unspecified atom stereocenters. The van der Waals surface area contributed by atoms with Crippen LogP contribution in [0.5, 0.6) is 11.5 Å². The largest absolute Gasteiger partial charge is 0.497 e. The van der Waals surface area contributed by atoms with Crippen LogP contribution in [0.25, 0.3) is 0 Å². The zero-order valence-corrected chi connectivity index (χ0v) is 20.2. The highest BCUT2D eigenvalue weighted by molar-refractivity contribution is 6.15. The maximum Gasteiger partial charge on any atom is 0.326 e. The SMILES string of the molecule is CCOc1ccc(NC(=O)N2CC(=O)N(CC(=O)NCc3ccc(OC)cc3)c3ccccc32)cc1. The van der Waals surface area contributed by atoms with Gasteiger partial charge in [0.25, 0.3) is 0 Å². The van der Waals surface area contributed by atoms with E-state index in [9.17, 15) is 14.4 Å². The number of fused-ring (bicyclic) bond motifs is 1. The molecule has 0 radical (unpaired) electrons. The maximum atomic E-state index is 13.0. The second-order valence-electron chi connectivity index (χ2n) is 8.07. The fourth-order valence-corrected chi connectivity index (χ4v) is 3.85. The summed E-state index contributed by atoms with van der Waals surface area (Å²) < 4.78 is 10.6. The third-order valence-electron chi connectivity index (χ3n) is 5.67. The third-order valence-corrected chi connectivity index (χ3v) is 5.67. The zero-order chi connectivity index (χ0) is 25.5. The summed E-state index contributed by atoms with van der Waals surface area (Å²) in [6.45, 7) is 2.43. The van der Waals surface area contributed by atoms with Gasteiger partial charge < -0.3 is 20.1 Å². The van der Waals surface area contributed by atoms with Crippen molar-refractivity contribution >= 4 is 34.9 Å². The van der Waals surface area contributed by atoms with Crippen molar-refractivity contribution in [2.24, 2.45) is 0 Å². The lowest BCUT2D eigenvalue weighted by atomic mass is 10.1. The Morgan fingerprint density at radius 2 is 1.58 bits per heavy atom. The number of para-hydroxylation sites is 2. The molecule has 0 aliphatic carbocycles. The van der Waals surface area contributed by atoms with Gasteiger partial charge in [0.15, 0.2) is 0 Å². The van der Waals surface area contributed by atoms with E-state index in [1.807, 2.05) is 31.2 Å². The van der Waals surface area contributed by atoms with Crippen LogP contribution in [0, 0.1) is 0 Å². The number of hydrogen-bond acceptors (Lipinski definition) is 5. The molecule has 0 aromatic heterocycles. The highest BCUT2D eigenvalue weighted by atomic mass is 16.5. The topological polar surface area (TPSA) is 100 Å². The molecule has 9 nitrogen and oxygen atoms in total. The lowest BCUT2D eigenvalue weighted by Crippen LogP contribution is -2.51. The van der Waals surface area contributed by atoms with E-state index in [4.69, 9.17) is 9.47 Å². The number of amides is 4. The second-order valence-corrected chi connectivity index (χ2v) is 8.07. The van der Waals surface area contributed by atoms with Crippen molar-refractivity contribution in [2.45, 2.75) is 13.5 Å². The van der Waals surface area contributed by atoms with Gasteiger partial charge in [0.05, 0.1) is 25.1 Å². The van der Waals surface area contributed by atoms with Gasteiger partial charge in [0.2, 0.25) is 11.8 Å². The van der Waals surface area contributed by atoms with Crippen LogP contribution in [0.4, 0.5) is 21.9 Å². The lowest BCUT2D eigenvalue weighted by molar-refractivity contribution is -0.123. The van der Waals surface area contributed by atoms with Gasteiger partial charge in [-0.05, 0) is 61.0 Å². The Kier molecular flexibility index (Phi) is 7.69. The summed E-state index contributed by atoms with van der Waals surface area (Å²) in [5.74, 6) is 0.781. The standard InChI is InChI=1S/C27H28N4O5/c1-3-36-22-14-10-20(11-15-22)29-27(34)31-18-26(33)30(23-6-4-5-7-24(23)31)17-25(32)28-16-19-8-12-21(35-2)13-9-19/h4-15H,3,16-18H2,1-2H3,(H,28,32)(H,29,34). The molecule has 4 rings (SSSR count). The molecule has 3 aromatic carbocycles. The van der Waals surface area contributed by atoms with Gasteiger partial charge in [-0.25, -0.2) is 4.79 Å².